The van der Waals surface area contributed by atoms with Gasteiger partial charge in [0.1, 0.15) is 15.8 Å². The van der Waals surface area contributed by atoms with Gasteiger partial charge in [-0.2, -0.15) is 0 Å². The van der Waals surface area contributed by atoms with Crippen LogP contribution in [0.15, 0.2) is 48.5 Å². The highest BCUT2D eigenvalue weighted by molar-refractivity contribution is 7.17. The van der Waals surface area contributed by atoms with Crippen molar-refractivity contribution in [2.45, 2.75) is 71.6 Å². The van der Waals surface area contributed by atoms with Crippen LogP contribution in [0.2, 0.25) is 0 Å². The molecule has 0 aliphatic carbocycles. The quantitative estimate of drug-likeness (QED) is 0.262. The lowest BCUT2D eigenvalue weighted by atomic mass is 10.0. The first-order chi connectivity index (χ1) is 14.8. The molecule has 0 N–H and O–H groups in total. The molecule has 1 aromatic heterocycles. The molecule has 0 atom stereocenters. The van der Waals surface area contributed by atoms with Gasteiger partial charge >= 0.3 is 0 Å². The Hall–Kier alpha value is -2.20. The predicted molar refractivity (Wildman–Crippen MR) is 128 cm³/mol. The van der Waals surface area contributed by atoms with Gasteiger partial charge in [0.05, 0.1) is 6.61 Å². The van der Waals surface area contributed by atoms with E-state index in [4.69, 9.17) is 4.74 Å². The summed E-state index contributed by atoms with van der Waals surface area (Å²) in [5, 5.41) is 10.9. The van der Waals surface area contributed by atoms with Crippen LogP contribution in [-0.4, -0.2) is 16.8 Å². The molecule has 0 radical (unpaired) electrons. The Bertz CT molecular complexity index is 873. The zero-order valence-corrected chi connectivity index (χ0v) is 19.2. The molecule has 0 aliphatic rings. The predicted octanol–water partition coefficient (Wildman–Crippen LogP) is 7.95. The van der Waals surface area contributed by atoms with E-state index in [2.05, 4.69) is 60.4 Å². The number of nitrogens with zero attached hydrogens (tertiary/aromatic N) is 2. The third kappa shape index (κ3) is 6.66. The standard InChI is InChI=1S/C26H34N2OS/c1-3-5-7-8-12-20-29-23-18-16-22(17-19-23)25-27-28-26(30-25)24-15-11-10-14-21(24)13-9-6-4-2/h10-11,14-19H,3-9,12-13,20H2,1-2H3. The summed E-state index contributed by atoms with van der Waals surface area (Å²) in [6.07, 6.45) is 11.1. The Kier molecular flexibility index (Phi) is 9.36. The van der Waals surface area contributed by atoms with Gasteiger partial charge in [0.2, 0.25) is 0 Å². The average Bonchev–Trinajstić information content (AvgIpc) is 3.27. The Morgan fingerprint density at radius 2 is 1.43 bits per heavy atom. The van der Waals surface area contributed by atoms with Crippen LogP contribution in [-0.2, 0) is 6.42 Å². The van der Waals surface area contributed by atoms with E-state index in [0.29, 0.717) is 0 Å². The SMILES string of the molecule is CCCCCCCOc1ccc(-c2nnc(-c3ccccc3CCCCC)s2)cc1. The molecule has 2 aromatic carbocycles. The largest absolute Gasteiger partial charge is 0.494 e. The summed E-state index contributed by atoms with van der Waals surface area (Å²) in [5.74, 6) is 0.931. The van der Waals surface area contributed by atoms with E-state index < -0.39 is 0 Å². The third-order valence-electron chi connectivity index (χ3n) is 5.34. The van der Waals surface area contributed by atoms with Crippen molar-refractivity contribution in [1.29, 1.82) is 0 Å². The zero-order chi connectivity index (χ0) is 21.0. The molecule has 1 heterocycles. The van der Waals surface area contributed by atoms with Gasteiger partial charge in [0.15, 0.2) is 0 Å². The smallest absolute Gasteiger partial charge is 0.148 e. The van der Waals surface area contributed by atoms with Crippen LogP contribution >= 0.6 is 11.3 Å². The Morgan fingerprint density at radius 3 is 2.23 bits per heavy atom. The molecule has 0 unspecified atom stereocenters. The fraction of sp³-hybridized carbons (Fsp3) is 0.462. The van der Waals surface area contributed by atoms with Crippen molar-refractivity contribution in [2.75, 3.05) is 6.61 Å². The lowest BCUT2D eigenvalue weighted by Gasteiger charge is -2.06. The minimum Gasteiger partial charge on any atom is -0.494 e. The normalized spacial score (nSPS) is 11.0. The summed E-state index contributed by atoms with van der Waals surface area (Å²) < 4.78 is 5.88. The van der Waals surface area contributed by atoms with Crippen LogP contribution < -0.4 is 4.74 Å². The molecule has 0 saturated heterocycles. The third-order valence-corrected chi connectivity index (χ3v) is 6.35. The van der Waals surface area contributed by atoms with E-state index in [1.54, 1.807) is 11.3 Å². The van der Waals surface area contributed by atoms with E-state index >= 15 is 0 Å². The van der Waals surface area contributed by atoms with Crippen molar-refractivity contribution >= 4 is 11.3 Å². The minimum absolute atomic E-state index is 0.792. The van der Waals surface area contributed by atoms with Crippen LogP contribution in [0.5, 0.6) is 5.75 Å². The molecule has 0 amide bonds. The van der Waals surface area contributed by atoms with Crippen molar-refractivity contribution in [3.63, 3.8) is 0 Å². The molecule has 0 saturated carbocycles. The topological polar surface area (TPSA) is 35.0 Å². The number of benzene rings is 2. The fourth-order valence-corrected chi connectivity index (χ4v) is 4.46. The summed E-state index contributed by atoms with van der Waals surface area (Å²) in [4.78, 5) is 0. The average molecular weight is 423 g/mol. The summed E-state index contributed by atoms with van der Waals surface area (Å²) in [5.41, 5.74) is 3.69. The molecule has 0 aliphatic heterocycles. The van der Waals surface area contributed by atoms with E-state index in [9.17, 15) is 0 Å². The van der Waals surface area contributed by atoms with Crippen LogP contribution in [0.4, 0.5) is 0 Å². The maximum atomic E-state index is 5.88. The Morgan fingerprint density at radius 1 is 0.733 bits per heavy atom. The second-order valence-electron chi connectivity index (χ2n) is 7.81. The maximum absolute atomic E-state index is 5.88. The van der Waals surface area contributed by atoms with Crippen molar-refractivity contribution in [3.8, 4) is 26.9 Å². The summed E-state index contributed by atoms with van der Waals surface area (Å²) in [7, 11) is 0. The van der Waals surface area contributed by atoms with E-state index in [1.165, 1.54) is 56.1 Å². The Labute approximate surface area is 185 Å². The first kappa shape index (κ1) is 22.5. The summed E-state index contributed by atoms with van der Waals surface area (Å²) in [6, 6.07) is 16.9. The van der Waals surface area contributed by atoms with Gasteiger partial charge in [-0.05, 0) is 49.1 Å². The van der Waals surface area contributed by atoms with Gasteiger partial charge in [-0.25, -0.2) is 0 Å². The number of unbranched alkanes of at least 4 members (excludes halogenated alkanes) is 6. The molecule has 0 fully saturated rings. The fourth-order valence-electron chi connectivity index (χ4n) is 3.55. The number of rotatable bonds is 13. The molecular weight excluding hydrogens is 388 g/mol. The highest BCUT2D eigenvalue weighted by Crippen LogP contribution is 2.33. The number of hydrogen-bond donors (Lipinski definition) is 0. The van der Waals surface area contributed by atoms with Crippen LogP contribution in [0.3, 0.4) is 0 Å². The van der Waals surface area contributed by atoms with Crippen molar-refractivity contribution < 1.29 is 4.74 Å². The van der Waals surface area contributed by atoms with Crippen LogP contribution in [0.25, 0.3) is 21.1 Å². The first-order valence-corrected chi connectivity index (χ1v) is 12.3. The van der Waals surface area contributed by atoms with Crippen molar-refractivity contribution in [1.82, 2.24) is 10.2 Å². The van der Waals surface area contributed by atoms with Gasteiger partial charge in [-0.15, -0.1) is 10.2 Å². The Balaban J connectivity index is 1.60. The highest BCUT2D eigenvalue weighted by Gasteiger charge is 2.12. The number of aromatic nitrogens is 2. The summed E-state index contributed by atoms with van der Waals surface area (Å²) >= 11 is 1.66. The number of hydrogen-bond acceptors (Lipinski definition) is 4. The molecule has 0 bridgehead atoms. The molecule has 160 valence electrons. The van der Waals surface area contributed by atoms with Crippen LogP contribution in [0.1, 0.15) is 70.8 Å². The van der Waals surface area contributed by atoms with Gasteiger partial charge in [0.25, 0.3) is 0 Å². The second kappa shape index (κ2) is 12.5. The lowest BCUT2D eigenvalue weighted by molar-refractivity contribution is 0.304. The van der Waals surface area contributed by atoms with Crippen LogP contribution in [0, 0.1) is 0 Å². The van der Waals surface area contributed by atoms with Gasteiger partial charge in [-0.1, -0.05) is 88.0 Å². The monoisotopic (exact) mass is 422 g/mol. The zero-order valence-electron chi connectivity index (χ0n) is 18.4. The van der Waals surface area contributed by atoms with Gasteiger partial charge < -0.3 is 4.74 Å². The molecule has 3 aromatic rings. The second-order valence-corrected chi connectivity index (χ2v) is 8.79. The first-order valence-electron chi connectivity index (χ1n) is 11.5. The maximum Gasteiger partial charge on any atom is 0.148 e. The van der Waals surface area contributed by atoms with Crippen molar-refractivity contribution in [3.05, 3.63) is 54.1 Å². The van der Waals surface area contributed by atoms with E-state index in [0.717, 1.165) is 40.8 Å². The van der Waals surface area contributed by atoms with Gasteiger partial charge in [-0.3, -0.25) is 0 Å². The molecule has 3 rings (SSSR count). The lowest BCUT2D eigenvalue weighted by Crippen LogP contribution is -1.97. The molecule has 4 heteroatoms. The number of ether oxygens (including phenoxy) is 1. The molecule has 30 heavy (non-hydrogen) atoms. The molecular formula is C26H34N2OS. The van der Waals surface area contributed by atoms with Gasteiger partial charge in [0, 0.05) is 11.1 Å². The van der Waals surface area contributed by atoms with Crippen molar-refractivity contribution in [2.24, 2.45) is 0 Å². The molecule has 3 nitrogen and oxygen atoms in total. The highest BCUT2D eigenvalue weighted by atomic mass is 32.1. The van der Waals surface area contributed by atoms with E-state index in [1.807, 2.05) is 12.1 Å². The molecule has 0 spiro atoms. The number of aryl methyl sites for hydroxylation is 1. The minimum atomic E-state index is 0.792. The summed E-state index contributed by atoms with van der Waals surface area (Å²) in [6.45, 7) is 5.28. The van der Waals surface area contributed by atoms with E-state index in [-0.39, 0.29) is 0 Å².